The number of hydrazine groups is 1. The molecule has 0 spiro atoms. The van der Waals surface area contributed by atoms with E-state index in [1.807, 2.05) is 0 Å². The van der Waals surface area contributed by atoms with Crippen molar-refractivity contribution in [2.24, 2.45) is 0 Å². The summed E-state index contributed by atoms with van der Waals surface area (Å²) in [4.78, 5) is 22.4. The van der Waals surface area contributed by atoms with Gasteiger partial charge in [-0.1, -0.05) is 0 Å². The maximum atomic E-state index is 11.6. The van der Waals surface area contributed by atoms with Gasteiger partial charge in [-0.05, 0) is 26.7 Å². The van der Waals surface area contributed by atoms with Crippen LogP contribution >= 0.6 is 0 Å². The lowest BCUT2D eigenvalue weighted by molar-refractivity contribution is -0.140. The molecule has 2 N–H and O–H groups in total. The Morgan fingerprint density at radius 1 is 1.47 bits per heavy atom. The van der Waals surface area contributed by atoms with Crippen molar-refractivity contribution in [1.82, 2.24) is 10.9 Å². The Kier molecular flexibility index (Phi) is 3.90. The molecule has 0 bridgehead atoms. The highest BCUT2D eigenvalue weighted by Gasteiger charge is 2.37. The number of nitrogens with one attached hydrogen (secondary N) is 2. The minimum atomic E-state index is -0.834. The second-order valence-electron chi connectivity index (χ2n) is 3.48. The van der Waals surface area contributed by atoms with Gasteiger partial charge in [0, 0.05) is 6.61 Å². The average molecular weight is 216 g/mol. The highest BCUT2D eigenvalue weighted by Crippen LogP contribution is 2.24. The standard InChI is InChI=1S/C9H16N2O4/c1-3-14-8(13)11-10-7(12)9(2)5-4-6-15-9/h3-6H2,1-2H3,(H,10,12)(H,11,13)/t9-/m0/s1. The molecule has 0 unspecified atom stereocenters. The van der Waals surface area contributed by atoms with Gasteiger partial charge in [-0.15, -0.1) is 0 Å². The van der Waals surface area contributed by atoms with E-state index in [4.69, 9.17) is 4.74 Å². The van der Waals surface area contributed by atoms with E-state index in [2.05, 4.69) is 15.6 Å². The van der Waals surface area contributed by atoms with Crippen molar-refractivity contribution in [3.8, 4) is 0 Å². The summed E-state index contributed by atoms with van der Waals surface area (Å²) in [7, 11) is 0. The molecule has 0 saturated carbocycles. The molecule has 1 atom stereocenters. The lowest BCUT2D eigenvalue weighted by atomic mass is 10.0. The van der Waals surface area contributed by atoms with Crippen LogP contribution in [0.1, 0.15) is 26.7 Å². The zero-order valence-electron chi connectivity index (χ0n) is 8.96. The fraction of sp³-hybridized carbons (Fsp3) is 0.778. The first-order valence-electron chi connectivity index (χ1n) is 4.95. The van der Waals surface area contributed by atoms with Gasteiger partial charge in [0.25, 0.3) is 5.91 Å². The van der Waals surface area contributed by atoms with E-state index in [9.17, 15) is 9.59 Å². The first-order chi connectivity index (χ1) is 7.08. The molecule has 0 aliphatic carbocycles. The van der Waals surface area contributed by atoms with Crippen molar-refractivity contribution in [1.29, 1.82) is 0 Å². The molecule has 86 valence electrons. The molecular weight excluding hydrogens is 200 g/mol. The lowest BCUT2D eigenvalue weighted by Crippen LogP contribution is -2.51. The van der Waals surface area contributed by atoms with Crippen LogP contribution in [-0.2, 0) is 14.3 Å². The van der Waals surface area contributed by atoms with Crippen molar-refractivity contribution < 1.29 is 19.1 Å². The largest absolute Gasteiger partial charge is 0.449 e. The van der Waals surface area contributed by atoms with E-state index in [0.717, 1.165) is 6.42 Å². The summed E-state index contributed by atoms with van der Waals surface area (Å²) >= 11 is 0. The zero-order chi connectivity index (χ0) is 11.3. The summed E-state index contributed by atoms with van der Waals surface area (Å²) in [6.45, 7) is 4.21. The predicted molar refractivity (Wildman–Crippen MR) is 51.9 cm³/mol. The monoisotopic (exact) mass is 216 g/mol. The van der Waals surface area contributed by atoms with Gasteiger partial charge in [0.2, 0.25) is 0 Å². The molecule has 1 aliphatic rings. The van der Waals surface area contributed by atoms with Gasteiger partial charge in [0.1, 0.15) is 5.60 Å². The van der Waals surface area contributed by atoms with Crippen molar-refractivity contribution >= 4 is 12.0 Å². The van der Waals surface area contributed by atoms with E-state index < -0.39 is 11.7 Å². The Morgan fingerprint density at radius 3 is 2.73 bits per heavy atom. The third-order valence-corrected chi connectivity index (χ3v) is 2.25. The van der Waals surface area contributed by atoms with Gasteiger partial charge in [0.15, 0.2) is 0 Å². The first-order valence-corrected chi connectivity index (χ1v) is 4.95. The molecule has 1 rings (SSSR count). The fourth-order valence-corrected chi connectivity index (χ4v) is 1.37. The van der Waals surface area contributed by atoms with E-state index in [0.29, 0.717) is 13.0 Å². The zero-order valence-corrected chi connectivity index (χ0v) is 8.96. The van der Waals surface area contributed by atoms with Crippen LogP contribution < -0.4 is 10.9 Å². The Bertz CT molecular complexity index is 248. The minimum absolute atomic E-state index is 0.259. The summed E-state index contributed by atoms with van der Waals surface area (Å²) in [5.74, 6) is -0.354. The number of rotatable bonds is 2. The molecule has 0 radical (unpaired) electrons. The number of hydrogen-bond donors (Lipinski definition) is 2. The highest BCUT2D eigenvalue weighted by molar-refractivity contribution is 5.86. The van der Waals surface area contributed by atoms with Crippen LogP contribution in [0.5, 0.6) is 0 Å². The summed E-state index contributed by atoms with van der Waals surface area (Å²) in [6, 6.07) is 0. The number of ether oxygens (including phenoxy) is 2. The third-order valence-electron chi connectivity index (χ3n) is 2.25. The van der Waals surface area contributed by atoms with Crippen LogP contribution in [0.4, 0.5) is 4.79 Å². The van der Waals surface area contributed by atoms with Gasteiger partial charge >= 0.3 is 6.09 Å². The van der Waals surface area contributed by atoms with E-state index in [-0.39, 0.29) is 12.5 Å². The smallest absolute Gasteiger partial charge is 0.426 e. The van der Waals surface area contributed by atoms with Gasteiger partial charge < -0.3 is 9.47 Å². The predicted octanol–water partition coefficient (Wildman–Crippen LogP) is 0.333. The highest BCUT2D eigenvalue weighted by atomic mass is 16.6. The summed E-state index contributed by atoms with van der Waals surface area (Å²) < 4.78 is 9.87. The second-order valence-corrected chi connectivity index (χ2v) is 3.48. The normalized spacial score (nSPS) is 24.7. The van der Waals surface area contributed by atoms with Gasteiger partial charge in [0.05, 0.1) is 6.61 Å². The maximum absolute atomic E-state index is 11.6. The molecular formula is C9H16N2O4. The van der Waals surface area contributed by atoms with Crippen LogP contribution in [0, 0.1) is 0 Å². The molecule has 15 heavy (non-hydrogen) atoms. The molecule has 1 saturated heterocycles. The number of amides is 2. The quantitative estimate of drug-likeness (QED) is 0.652. The molecule has 0 aromatic heterocycles. The first kappa shape index (κ1) is 11.8. The fourth-order valence-electron chi connectivity index (χ4n) is 1.37. The van der Waals surface area contributed by atoms with Crippen molar-refractivity contribution in [3.63, 3.8) is 0 Å². The Balaban J connectivity index is 2.32. The molecule has 1 aliphatic heterocycles. The molecule has 1 fully saturated rings. The minimum Gasteiger partial charge on any atom is -0.449 e. The van der Waals surface area contributed by atoms with Crippen LogP contribution in [-0.4, -0.2) is 30.8 Å². The van der Waals surface area contributed by atoms with Gasteiger partial charge in [-0.3, -0.25) is 10.2 Å². The van der Waals surface area contributed by atoms with Crippen LogP contribution in [0.25, 0.3) is 0 Å². The number of carbonyl (C=O) groups excluding carboxylic acids is 2. The second kappa shape index (κ2) is 4.97. The van der Waals surface area contributed by atoms with Crippen molar-refractivity contribution in [2.45, 2.75) is 32.3 Å². The van der Waals surface area contributed by atoms with E-state index in [1.165, 1.54) is 0 Å². The van der Waals surface area contributed by atoms with E-state index >= 15 is 0 Å². The van der Waals surface area contributed by atoms with Crippen LogP contribution in [0.2, 0.25) is 0 Å². The maximum Gasteiger partial charge on any atom is 0.426 e. The molecule has 6 heteroatoms. The number of carbonyl (C=O) groups is 2. The SMILES string of the molecule is CCOC(=O)NNC(=O)[C@]1(C)CCCO1. The van der Waals surface area contributed by atoms with Crippen LogP contribution in [0.15, 0.2) is 0 Å². The molecule has 2 amide bonds. The Morgan fingerprint density at radius 2 is 2.20 bits per heavy atom. The number of hydrogen-bond acceptors (Lipinski definition) is 4. The van der Waals surface area contributed by atoms with Crippen molar-refractivity contribution in [2.75, 3.05) is 13.2 Å². The van der Waals surface area contributed by atoms with Crippen LogP contribution in [0.3, 0.4) is 0 Å². The topological polar surface area (TPSA) is 76.7 Å². The summed E-state index contributed by atoms with van der Waals surface area (Å²) in [5, 5.41) is 0. The molecule has 0 aromatic rings. The third kappa shape index (κ3) is 3.09. The molecule has 0 aromatic carbocycles. The lowest BCUT2D eigenvalue weighted by Gasteiger charge is -2.21. The van der Waals surface area contributed by atoms with E-state index in [1.54, 1.807) is 13.8 Å². The Hall–Kier alpha value is -1.30. The van der Waals surface area contributed by atoms with Crippen molar-refractivity contribution in [3.05, 3.63) is 0 Å². The average Bonchev–Trinajstić information content (AvgIpc) is 2.63. The van der Waals surface area contributed by atoms with Gasteiger partial charge in [-0.25, -0.2) is 10.2 Å². The molecule has 1 heterocycles. The summed E-state index contributed by atoms with van der Waals surface area (Å²) in [5.41, 5.74) is 3.57. The summed E-state index contributed by atoms with van der Waals surface area (Å²) in [6.07, 6.45) is 0.833. The molecule has 6 nitrogen and oxygen atoms in total. The van der Waals surface area contributed by atoms with Gasteiger partial charge in [-0.2, -0.15) is 0 Å². The Labute approximate surface area is 88.3 Å².